The quantitative estimate of drug-likeness (QED) is 0.665. The molecule has 1 amide bonds. The Morgan fingerprint density at radius 2 is 2.04 bits per heavy atom. The first-order valence-electron chi connectivity index (χ1n) is 7.76. The second-order valence-electron chi connectivity index (χ2n) is 6.41. The number of hydrogen-bond donors (Lipinski definition) is 1. The van der Waals surface area contributed by atoms with Crippen LogP contribution >= 0.6 is 0 Å². The summed E-state index contributed by atoms with van der Waals surface area (Å²) in [7, 11) is 1.25. The largest absolute Gasteiger partial charge is 0.466 e. The molecule has 0 unspecified atom stereocenters. The van der Waals surface area contributed by atoms with Gasteiger partial charge in [-0.25, -0.2) is 14.6 Å². The Morgan fingerprint density at radius 1 is 1.32 bits per heavy atom. The van der Waals surface area contributed by atoms with E-state index in [1.54, 1.807) is 20.8 Å². The zero-order valence-corrected chi connectivity index (χ0v) is 14.6. The summed E-state index contributed by atoms with van der Waals surface area (Å²) in [5.41, 5.74) is 0.262. The molecule has 136 valence electrons. The van der Waals surface area contributed by atoms with Gasteiger partial charge in [-0.05, 0) is 44.9 Å². The van der Waals surface area contributed by atoms with Crippen LogP contribution in [0.5, 0.6) is 0 Å². The molecule has 0 bridgehead atoms. The number of anilines is 1. The molecule has 0 spiro atoms. The van der Waals surface area contributed by atoms with Crippen molar-refractivity contribution in [2.75, 3.05) is 25.6 Å². The normalized spacial score (nSPS) is 14.9. The number of amides is 1. The van der Waals surface area contributed by atoms with E-state index in [1.165, 1.54) is 19.2 Å². The van der Waals surface area contributed by atoms with Crippen molar-refractivity contribution in [1.29, 1.82) is 0 Å². The summed E-state index contributed by atoms with van der Waals surface area (Å²) < 4.78 is 29.5. The molecule has 0 saturated heterocycles. The molecule has 0 atom stereocenters. The standard InChI is InChI=1S/C17H21FN2O5/c1-17(2,3)25-16(22)20-13-6-5-11(14(18)19-13)10-7-8-24-9-12(10)15(21)23-4/h5-6H,7-9H2,1-4H3,(H,19,20,22). The Morgan fingerprint density at radius 3 is 2.64 bits per heavy atom. The highest BCUT2D eigenvalue weighted by molar-refractivity contribution is 5.98. The molecule has 1 aliphatic rings. The zero-order valence-electron chi connectivity index (χ0n) is 14.6. The minimum absolute atomic E-state index is 0.0165. The third kappa shape index (κ3) is 4.99. The number of rotatable bonds is 3. The lowest BCUT2D eigenvalue weighted by molar-refractivity contribution is -0.136. The Bertz CT molecular complexity index is 709. The number of nitrogens with one attached hydrogen (secondary N) is 1. The highest BCUT2D eigenvalue weighted by atomic mass is 19.1. The van der Waals surface area contributed by atoms with Crippen molar-refractivity contribution in [3.63, 3.8) is 0 Å². The third-order valence-electron chi connectivity index (χ3n) is 3.34. The molecule has 2 heterocycles. The number of pyridine rings is 1. The second kappa shape index (κ2) is 7.60. The van der Waals surface area contributed by atoms with Gasteiger partial charge in [0, 0.05) is 5.56 Å². The molecule has 0 saturated carbocycles. The summed E-state index contributed by atoms with van der Waals surface area (Å²) in [5, 5.41) is 2.37. The summed E-state index contributed by atoms with van der Waals surface area (Å²) in [5.74, 6) is -1.35. The van der Waals surface area contributed by atoms with E-state index in [2.05, 4.69) is 10.3 Å². The van der Waals surface area contributed by atoms with Gasteiger partial charge in [-0.15, -0.1) is 0 Å². The average Bonchev–Trinajstić information content (AvgIpc) is 2.52. The Labute approximate surface area is 145 Å². The molecule has 25 heavy (non-hydrogen) atoms. The maximum absolute atomic E-state index is 14.4. The predicted octanol–water partition coefficient (Wildman–Crippen LogP) is 2.91. The fraction of sp³-hybridized carbons (Fsp3) is 0.471. The summed E-state index contributed by atoms with van der Waals surface area (Å²) in [6.07, 6.45) is -0.366. The van der Waals surface area contributed by atoms with E-state index in [4.69, 9.17) is 14.2 Å². The molecule has 0 aromatic carbocycles. The van der Waals surface area contributed by atoms with Crippen LogP contribution in [0.3, 0.4) is 0 Å². The van der Waals surface area contributed by atoms with E-state index in [1.807, 2.05) is 0 Å². The minimum atomic E-state index is -0.799. The van der Waals surface area contributed by atoms with Crippen LogP contribution in [0, 0.1) is 5.95 Å². The molecule has 0 radical (unpaired) electrons. The number of halogens is 1. The first-order valence-corrected chi connectivity index (χ1v) is 7.76. The molecule has 1 aromatic heterocycles. The molecule has 0 fully saturated rings. The van der Waals surface area contributed by atoms with Gasteiger partial charge in [-0.1, -0.05) is 0 Å². The number of carbonyl (C=O) groups is 2. The number of hydrogen-bond acceptors (Lipinski definition) is 6. The van der Waals surface area contributed by atoms with Gasteiger partial charge < -0.3 is 14.2 Å². The summed E-state index contributed by atoms with van der Waals surface area (Å²) in [6, 6.07) is 2.90. The van der Waals surface area contributed by atoms with Gasteiger partial charge in [0.05, 0.1) is 25.9 Å². The molecule has 1 N–H and O–H groups in total. The van der Waals surface area contributed by atoms with Crippen LogP contribution in [0.4, 0.5) is 15.0 Å². The number of carbonyl (C=O) groups excluding carboxylic acids is 2. The van der Waals surface area contributed by atoms with Crippen LogP contribution in [0.1, 0.15) is 32.8 Å². The molecular formula is C17H21FN2O5. The molecule has 7 nitrogen and oxygen atoms in total. The van der Waals surface area contributed by atoms with E-state index in [-0.39, 0.29) is 23.6 Å². The Balaban J connectivity index is 2.25. The summed E-state index contributed by atoms with van der Waals surface area (Å²) >= 11 is 0. The van der Waals surface area contributed by atoms with Gasteiger partial charge >= 0.3 is 12.1 Å². The number of nitrogens with zero attached hydrogens (tertiary/aromatic N) is 1. The first-order chi connectivity index (χ1) is 11.7. The van der Waals surface area contributed by atoms with Gasteiger partial charge in [-0.2, -0.15) is 4.39 Å². The molecule has 8 heteroatoms. The van der Waals surface area contributed by atoms with E-state index in [0.29, 0.717) is 18.6 Å². The monoisotopic (exact) mass is 352 g/mol. The van der Waals surface area contributed by atoms with Gasteiger partial charge in [0.1, 0.15) is 11.4 Å². The first kappa shape index (κ1) is 18.9. The summed E-state index contributed by atoms with van der Waals surface area (Å²) in [4.78, 5) is 27.3. The maximum atomic E-state index is 14.4. The zero-order chi connectivity index (χ0) is 18.6. The topological polar surface area (TPSA) is 86.8 Å². The van der Waals surface area contributed by atoms with Crippen LogP contribution in [0.15, 0.2) is 17.7 Å². The third-order valence-corrected chi connectivity index (χ3v) is 3.34. The second-order valence-corrected chi connectivity index (χ2v) is 6.41. The van der Waals surface area contributed by atoms with Crippen molar-refractivity contribution in [3.8, 4) is 0 Å². The lowest BCUT2D eigenvalue weighted by Crippen LogP contribution is -2.27. The fourth-order valence-electron chi connectivity index (χ4n) is 2.33. The van der Waals surface area contributed by atoms with Gasteiger partial charge in [0.25, 0.3) is 0 Å². The average molecular weight is 352 g/mol. The van der Waals surface area contributed by atoms with Crippen LogP contribution < -0.4 is 5.32 Å². The van der Waals surface area contributed by atoms with Gasteiger partial charge in [0.2, 0.25) is 5.95 Å². The Hall–Kier alpha value is -2.48. The molecule has 1 aromatic rings. The van der Waals surface area contributed by atoms with Crippen LogP contribution in [-0.4, -0.2) is 43.0 Å². The maximum Gasteiger partial charge on any atom is 0.413 e. The number of methoxy groups -OCH3 is 1. The van der Waals surface area contributed by atoms with Crippen molar-refractivity contribution in [2.24, 2.45) is 0 Å². The lowest BCUT2D eigenvalue weighted by Gasteiger charge is -2.21. The number of aromatic nitrogens is 1. The van der Waals surface area contributed by atoms with Crippen LogP contribution in [-0.2, 0) is 19.0 Å². The highest BCUT2D eigenvalue weighted by Crippen LogP contribution is 2.29. The molecular weight excluding hydrogens is 331 g/mol. The number of esters is 1. The van der Waals surface area contributed by atoms with E-state index in [9.17, 15) is 14.0 Å². The summed E-state index contributed by atoms with van der Waals surface area (Å²) in [6.45, 7) is 5.58. The highest BCUT2D eigenvalue weighted by Gasteiger charge is 2.24. The molecule has 2 rings (SSSR count). The van der Waals surface area contributed by atoms with Crippen molar-refractivity contribution >= 4 is 23.5 Å². The van der Waals surface area contributed by atoms with Crippen molar-refractivity contribution in [3.05, 3.63) is 29.2 Å². The Kier molecular flexibility index (Phi) is 5.73. The van der Waals surface area contributed by atoms with Crippen molar-refractivity contribution < 1.29 is 28.2 Å². The van der Waals surface area contributed by atoms with Gasteiger partial charge in [0.15, 0.2) is 0 Å². The predicted molar refractivity (Wildman–Crippen MR) is 88.4 cm³/mol. The van der Waals surface area contributed by atoms with Crippen LogP contribution in [0.25, 0.3) is 5.57 Å². The lowest BCUT2D eigenvalue weighted by atomic mass is 9.97. The van der Waals surface area contributed by atoms with Crippen molar-refractivity contribution in [2.45, 2.75) is 32.8 Å². The number of ether oxygens (including phenoxy) is 3. The minimum Gasteiger partial charge on any atom is -0.466 e. The van der Waals surface area contributed by atoms with Crippen LogP contribution in [0.2, 0.25) is 0 Å². The fourth-order valence-corrected chi connectivity index (χ4v) is 2.33. The van der Waals surface area contributed by atoms with E-state index < -0.39 is 23.6 Å². The molecule has 0 aliphatic carbocycles. The van der Waals surface area contributed by atoms with E-state index in [0.717, 1.165) is 0 Å². The smallest absolute Gasteiger partial charge is 0.413 e. The molecule has 1 aliphatic heterocycles. The van der Waals surface area contributed by atoms with Crippen molar-refractivity contribution in [1.82, 2.24) is 4.98 Å². The van der Waals surface area contributed by atoms with E-state index >= 15 is 0 Å². The van der Waals surface area contributed by atoms with Gasteiger partial charge in [-0.3, -0.25) is 5.32 Å². The SMILES string of the molecule is COC(=O)C1=C(c2ccc(NC(=O)OC(C)(C)C)nc2F)CCOC1.